The minimum Gasteiger partial charge on any atom is -0.487 e. The Morgan fingerprint density at radius 1 is 1.23 bits per heavy atom. The van der Waals surface area contributed by atoms with Crippen LogP contribution in [0.15, 0.2) is 30.3 Å². The quantitative estimate of drug-likeness (QED) is 0.824. The summed E-state index contributed by atoms with van der Waals surface area (Å²) in [7, 11) is 0. The van der Waals surface area contributed by atoms with E-state index in [1.165, 1.54) is 5.56 Å². The molecule has 1 aliphatic heterocycles. The first-order valence-electron chi connectivity index (χ1n) is 8.98. The fraction of sp³-hybridized carbons (Fsp3) is 0.381. The Hall–Kier alpha value is -2.69. The van der Waals surface area contributed by atoms with Gasteiger partial charge in [-0.3, -0.25) is 4.79 Å². The molecule has 5 heteroatoms. The first kappa shape index (κ1) is 18.1. The number of fused-ring (bicyclic) bond motifs is 1. The molecule has 3 rings (SSSR count). The lowest BCUT2D eigenvalue weighted by Crippen LogP contribution is -2.48. The number of nitrogens with zero attached hydrogens (tertiary/aromatic N) is 1. The molecule has 3 N–H and O–H groups in total. The zero-order valence-electron chi connectivity index (χ0n) is 16.1. The van der Waals surface area contributed by atoms with Crippen molar-refractivity contribution in [1.82, 2.24) is 0 Å². The van der Waals surface area contributed by atoms with Gasteiger partial charge in [-0.25, -0.2) is 0 Å². The van der Waals surface area contributed by atoms with Gasteiger partial charge in [-0.05, 0) is 57.9 Å². The number of hydrogen-bond donors (Lipinski definition) is 2. The van der Waals surface area contributed by atoms with E-state index in [2.05, 4.69) is 29.3 Å². The predicted molar refractivity (Wildman–Crippen MR) is 107 cm³/mol. The van der Waals surface area contributed by atoms with Gasteiger partial charge in [0.2, 0.25) is 5.91 Å². The number of anilines is 3. The molecule has 2 aromatic rings. The van der Waals surface area contributed by atoms with Crippen LogP contribution in [0, 0.1) is 20.8 Å². The SMILES string of the molecule is Cc1cc(C)c(NC(=O)C(C)N2CC(C)Oc3cc(N)ccc32)c(C)c1. The summed E-state index contributed by atoms with van der Waals surface area (Å²) in [6, 6.07) is 9.41. The highest BCUT2D eigenvalue weighted by atomic mass is 16.5. The molecule has 0 saturated heterocycles. The van der Waals surface area contributed by atoms with E-state index in [0.717, 1.165) is 28.3 Å². The van der Waals surface area contributed by atoms with E-state index in [1.54, 1.807) is 0 Å². The van der Waals surface area contributed by atoms with E-state index in [0.29, 0.717) is 12.2 Å². The lowest BCUT2D eigenvalue weighted by molar-refractivity contribution is -0.117. The normalized spacial score (nSPS) is 17.3. The number of nitrogen functional groups attached to an aromatic ring is 1. The number of amides is 1. The van der Waals surface area contributed by atoms with Gasteiger partial charge in [0, 0.05) is 17.4 Å². The molecular weight excluding hydrogens is 326 g/mol. The maximum Gasteiger partial charge on any atom is 0.246 e. The summed E-state index contributed by atoms with van der Waals surface area (Å²) >= 11 is 0. The molecule has 26 heavy (non-hydrogen) atoms. The van der Waals surface area contributed by atoms with Crippen molar-refractivity contribution in [2.75, 3.05) is 22.5 Å². The monoisotopic (exact) mass is 353 g/mol. The largest absolute Gasteiger partial charge is 0.487 e. The maximum atomic E-state index is 13.0. The summed E-state index contributed by atoms with van der Waals surface area (Å²) in [5, 5.41) is 3.11. The standard InChI is InChI=1S/C21H27N3O2/c1-12-8-13(2)20(14(3)9-12)23-21(25)16(5)24-11-15(4)26-19-10-17(22)6-7-18(19)24/h6-10,15-16H,11,22H2,1-5H3,(H,23,25). The number of rotatable bonds is 3. The molecule has 1 amide bonds. The lowest BCUT2D eigenvalue weighted by atomic mass is 10.0. The Bertz CT molecular complexity index is 824. The number of ether oxygens (including phenoxy) is 1. The van der Waals surface area contributed by atoms with Crippen LogP contribution in [-0.2, 0) is 4.79 Å². The molecule has 0 radical (unpaired) electrons. The maximum absolute atomic E-state index is 13.0. The van der Waals surface area contributed by atoms with Crippen molar-refractivity contribution < 1.29 is 9.53 Å². The second-order valence-corrected chi connectivity index (χ2v) is 7.25. The summed E-state index contributed by atoms with van der Waals surface area (Å²) in [6.07, 6.45) is -0.0117. The first-order chi connectivity index (χ1) is 12.3. The van der Waals surface area contributed by atoms with Crippen LogP contribution in [0.4, 0.5) is 17.1 Å². The number of nitrogens with two attached hydrogens (primary N) is 1. The molecule has 0 spiro atoms. The number of benzene rings is 2. The van der Waals surface area contributed by atoms with Gasteiger partial charge in [0.05, 0.1) is 12.2 Å². The van der Waals surface area contributed by atoms with E-state index in [1.807, 2.05) is 45.9 Å². The van der Waals surface area contributed by atoms with E-state index < -0.39 is 0 Å². The first-order valence-corrected chi connectivity index (χ1v) is 8.98. The third-order valence-corrected chi connectivity index (χ3v) is 4.85. The van der Waals surface area contributed by atoms with Crippen LogP contribution in [0.3, 0.4) is 0 Å². The van der Waals surface area contributed by atoms with Crippen molar-refractivity contribution in [3.63, 3.8) is 0 Å². The Morgan fingerprint density at radius 3 is 2.54 bits per heavy atom. The van der Waals surface area contributed by atoms with Gasteiger partial charge in [0.15, 0.2) is 0 Å². The minimum absolute atomic E-state index is 0.0117. The summed E-state index contributed by atoms with van der Waals surface area (Å²) in [5.74, 6) is 0.697. The van der Waals surface area contributed by atoms with Crippen LogP contribution in [0.2, 0.25) is 0 Å². The highest BCUT2D eigenvalue weighted by Gasteiger charge is 2.30. The van der Waals surface area contributed by atoms with Crippen LogP contribution in [0.1, 0.15) is 30.5 Å². The van der Waals surface area contributed by atoms with Gasteiger partial charge in [-0.2, -0.15) is 0 Å². The third kappa shape index (κ3) is 3.47. The fourth-order valence-electron chi connectivity index (χ4n) is 3.60. The highest BCUT2D eigenvalue weighted by molar-refractivity contribution is 5.98. The van der Waals surface area contributed by atoms with Gasteiger partial charge < -0.3 is 20.7 Å². The van der Waals surface area contributed by atoms with Crippen molar-refractivity contribution in [2.45, 2.75) is 46.8 Å². The van der Waals surface area contributed by atoms with Gasteiger partial charge in [0.1, 0.15) is 17.9 Å². The molecule has 0 fully saturated rings. The number of carbonyl (C=O) groups is 1. The summed E-state index contributed by atoms with van der Waals surface area (Å²) in [6.45, 7) is 10.7. The van der Waals surface area contributed by atoms with E-state index >= 15 is 0 Å². The van der Waals surface area contributed by atoms with Crippen molar-refractivity contribution in [2.24, 2.45) is 0 Å². The van der Waals surface area contributed by atoms with Crippen LogP contribution in [0.5, 0.6) is 5.75 Å². The number of nitrogens with one attached hydrogen (secondary N) is 1. The van der Waals surface area contributed by atoms with Crippen molar-refractivity contribution in [1.29, 1.82) is 0 Å². The second-order valence-electron chi connectivity index (χ2n) is 7.25. The molecule has 5 nitrogen and oxygen atoms in total. The minimum atomic E-state index is -0.330. The average Bonchev–Trinajstić information content (AvgIpc) is 2.56. The van der Waals surface area contributed by atoms with Gasteiger partial charge in [-0.15, -0.1) is 0 Å². The van der Waals surface area contributed by atoms with Crippen molar-refractivity contribution in [3.05, 3.63) is 47.0 Å². The molecule has 0 saturated carbocycles. The Balaban J connectivity index is 1.86. The molecule has 0 bridgehead atoms. The van der Waals surface area contributed by atoms with Crippen molar-refractivity contribution in [3.8, 4) is 5.75 Å². The van der Waals surface area contributed by atoms with Crippen LogP contribution in [0.25, 0.3) is 0 Å². The van der Waals surface area contributed by atoms with Gasteiger partial charge >= 0.3 is 0 Å². The molecule has 0 aliphatic carbocycles. The van der Waals surface area contributed by atoms with E-state index in [-0.39, 0.29) is 18.1 Å². The second kappa shape index (κ2) is 6.90. The van der Waals surface area contributed by atoms with Crippen LogP contribution in [-0.4, -0.2) is 24.6 Å². The summed E-state index contributed by atoms with van der Waals surface area (Å²) < 4.78 is 5.89. The Labute approximate surface area is 155 Å². The molecule has 2 unspecified atom stereocenters. The van der Waals surface area contributed by atoms with Gasteiger partial charge in [0.25, 0.3) is 0 Å². The topological polar surface area (TPSA) is 67.6 Å². The Morgan fingerprint density at radius 2 is 1.88 bits per heavy atom. The molecule has 2 atom stereocenters. The zero-order valence-corrected chi connectivity index (χ0v) is 16.1. The predicted octanol–water partition coefficient (Wildman–Crippen LogP) is 3.81. The smallest absolute Gasteiger partial charge is 0.246 e. The van der Waals surface area contributed by atoms with E-state index in [9.17, 15) is 4.79 Å². The summed E-state index contributed by atoms with van der Waals surface area (Å²) in [5.41, 5.74) is 11.7. The summed E-state index contributed by atoms with van der Waals surface area (Å²) in [4.78, 5) is 15.0. The molecule has 1 heterocycles. The fourth-order valence-corrected chi connectivity index (χ4v) is 3.60. The molecular formula is C21H27N3O2. The molecule has 0 aromatic heterocycles. The molecule has 2 aromatic carbocycles. The van der Waals surface area contributed by atoms with Crippen LogP contribution >= 0.6 is 0 Å². The third-order valence-electron chi connectivity index (χ3n) is 4.85. The lowest BCUT2D eigenvalue weighted by Gasteiger charge is -2.38. The number of carbonyl (C=O) groups excluding carboxylic acids is 1. The highest BCUT2D eigenvalue weighted by Crippen LogP contribution is 2.36. The number of aryl methyl sites for hydroxylation is 3. The van der Waals surface area contributed by atoms with E-state index in [4.69, 9.17) is 10.5 Å². The molecule has 138 valence electrons. The van der Waals surface area contributed by atoms with Crippen LogP contribution < -0.4 is 20.7 Å². The Kier molecular flexibility index (Phi) is 4.81. The zero-order chi connectivity index (χ0) is 19.0. The van der Waals surface area contributed by atoms with Crippen molar-refractivity contribution >= 4 is 23.0 Å². The van der Waals surface area contributed by atoms with Gasteiger partial charge in [-0.1, -0.05) is 17.7 Å². The molecule has 1 aliphatic rings. The average molecular weight is 353 g/mol. The number of hydrogen-bond acceptors (Lipinski definition) is 4.